The van der Waals surface area contributed by atoms with Crippen LogP contribution in [0.4, 0.5) is 10.8 Å². The van der Waals surface area contributed by atoms with Gasteiger partial charge in [-0.05, 0) is 12.1 Å². The van der Waals surface area contributed by atoms with Crippen LogP contribution < -0.4 is 15.4 Å². The Morgan fingerprint density at radius 3 is 2.75 bits per heavy atom. The second kappa shape index (κ2) is 8.06. The quantitative estimate of drug-likeness (QED) is 0.772. The number of methoxy groups -OCH3 is 1. The van der Waals surface area contributed by atoms with Gasteiger partial charge in [0.15, 0.2) is 17.4 Å². The van der Waals surface area contributed by atoms with E-state index in [0.29, 0.717) is 11.4 Å². The van der Waals surface area contributed by atoms with E-state index in [2.05, 4.69) is 15.6 Å². The summed E-state index contributed by atoms with van der Waals surface area (Å²) in [6, 6.07) is 6.78. The lowest BCUT2D eigenvalue weighted by atomic mass is 10.3. The molecule has 2 rings (SSSR count). The highest BCUT2D eigenvalue weighted by molar-refractivity contribution is 7.14. The molecule has 0 bridgehead atoms. The molecule has 0 aliphatic heterocycles. The smallest absolute Gasteiger partial charge is 0.358 e. The highest BCUT2D eigenvalue weighted by Gasteiger charge is 2.14. The third kappa shape index (κ3) is 5.06. The van der Waals surface area contributed by atoms with Crippen molar-refractivity contribution in [2.45, 2.75) is 6.92 Å². The van der Waals surface area contributed by atoms with Crippen LogP contribution in [0.3, 0.4) is 0 Å². The molecule has 24 heavy (non-hydrogen) atoms. The van der Waals surface area contributed by atoms with Crippen LogP contribution >= 0.6 is 11.3 Å². The number of anilines is 2. The first-order valence-corrected chi connectivity index (χ1v) is 7.70. The van der Waals surface area contributed by atoms with Crippen LogP contribution in [0.5, 0.6) is 5.75 Å². The zero-order valence-corrected chi connectivity index (χ0v) is 13.8. The second-order valence-electron chi connectivity index (χ2n) is 4.58. The van der Waals surface area contributed by atoms with Crippen molar-refractivity contribution in [2.75, 3.05) is 24.4 Å². The van der Waals surface area contributed by atoms with Crippen molar-refractivity contribution in [1.29, 1.82) is 0 Å². The molecule has 0 saturated carbocycles. The number of rotatable bonds is 6. The van der Waals surface area contributed by atoms with Crippen molar-refractivity contribution >= 4 is 39.9 Å². The van der Waals surface area contributed by atoms with Crippen LogP contribution in [-0.2, 0) is 14.3 Å². The monoisotopic (exact) mass is 349 g/mol. The van der Waals surface area contributed by atoms with E-state index < -0.39 is 18.5 Å². The average Bonchev–Trinajstić information content (AvgIpc) is 3.00. The minimum atomic E-state index is -0.747. The first-order valence-electron chi connectivity index (χ1n) is 6.82. The number of hydrogen-bond donors (Lipinski definition) is 2. The molecular formula is C15H15N3O5S. The number of hydrogen-bond acceptors (Lipinski definition) is 7. The molecule has 9 heteroatoms. The number of carbonyl (C=O) groups is 3. The molecule has 0 fully saturated rings. The summed E-state index contributed by atoms with van der Waals surface area (Å²) in [6.45, 7) is 0.880. The Bertz CT molecular complexity index is 759. The van der Waals surface area contributed by atoms with Gasteiger partial charge in [0, 0.05) is 24.1 Å². The highest BCUT2D eigenvalue weighted by atomic mass is 32.1. The number of aromatic nitrogens is 1. The maximum absolute atomic E-state index is 11.8. The number of thiazole rings is 1. The molecule has 1 aromatic heterocycles. The third-order valence-electron chi connectivity index (χ3n) is 2.68. The molecule has 0 saturated heterocycles. The van der Waals surface area contributed by atoms with Gasteiger partial charge in [0.1, 0.15) is 5.75 Å². The van der Waals surface area contributed by atoms with E-state index in [1.54, 1.807) is 24.3 Å². The number of esters is 1. The number of nitrogens with zero attached hydrogens (tertiary/aromatic N) is 1. The minimum Gasteiger partial charge on any atom is -0.497 e. The highest BCUT2D eigenvalue weighted by Crippen LogP contribution is 2.17. The van der Waals surface area contributed by atoms with Gasteiger partial charge in [-0.2, -0.15) is 0 Å². The van der Waals surface area contributed by atoms with E-state index in [1.807, 2.05) is 0 Å². The molecule has 1 aromatic carbocycles. The van der Waals surface area contributed by atoms with Crippen LogP contribution in [0.15, 0.2) is 29.6 Å². The van der Waals surface area contributed by atoms with Crippen molar-refractivity contribution < 1.29 is 23.9 Å². The number of ether oxygens (including phenoxy) is 2. The number of benzene rings is 1. The van der Waals surface area contributed by atoms with Crippen molar-refractivity contribution in [1.82, 2.24) is 4.98 Å². The van der Waals surface area contributed by atoms with Gasteiger partial charge >= 0.3 is 5.97 Å². The molecular weight excluding hydrogens is 334 g/mol. The Morgan fingerprint density at radius 1 is 1.25 bits per heavy atom. The SMILES string of the molecule is COc1cccc(NC(=O)COC(=O)c2csc(NC(C)=O)n2)c1. The summed E-state index contributed by atoms with van der Waals surface area (Å²) in [5.41, 5.74) is 0.551. The van der Waals surface area contributed by atoms with Gasteiger partial charge in [0.05, 0.1) is 7.11 Å². The maximum Gasteiger partial charge on any atom is 0.358 e. The van der Waals surface area contributed by atoms with Gasteiger partial charge in [-0.15, -0.1) is 11.3 Å². The van der Waals surface area contributed by atoms with Crippen LogP contribution in [0, 0.1) is 0 Å². The van der Waals surface area contributed by atoms with E-state index in [0.717, 1.165) is 11.3 Å². The van der Waals surface area contributed by atoms with Crippen molar-refractivity contribution in [3.8, 4) is 5.75 Å². The van der Waals surface area contributed by atoms with Crippen LogP contribution in [-0.4, -0.2) is 36.5 Å². The Labute approximate surface area is 141 Å². The molecule has 0 spiro atoms. The molecule has 0 aliphatic carbocycles. The van der Waals surface area contributed by atoms with E-state index in [-0.39, 0.29) is 16.7 Å². The summed E-state index contributed by atoms with van der Waals surface area (Å²) in [6.07, 6.45) is 0. The van der Waals surface area contributed by atoms with Crippen molar-refractivity contribution in [2.24, 2.45) is 0 Å². The molecule has 2 N–H and O–H groups in total. The van der Waals surface area contributed by atoms with Gasteiger partial charge < -0.3 is 20.1 Å². The molecule has 0 atom stereocenters. The topological polar surface area (TPSA) is 107 Å². The molecule has 8 nitrogen and oxygen atoms in total. The third-order valence-corrected chi connectivity index (χ3v) is 3.44. The van der Waals surface area contributed by atoms with Crippen LogP contribution in [0.25, 0.3) is 0 Å². The number of nitrogens with one attached hydrogen (secondary N) is 2. The lowest BCUT2D eigenvalue weighted by Gasteiger charge is -2.07. The Morgan fingerprint density at radius 2 is 2.04 bits per heavy atom. The minimum absolute atomic E-state index is 0.0259. The summed E-state index contributed by atoms with van der Waals surface area (Å²) in [4.78, 5) is 38.4. The van der Waals surface area contributed by atoms with Gasteiger partial charge in [-0.25, -0.2) is 9.78 Å². The first kappa shape index (κ1) is 17.4. The van der Waals surface area contributed by atoms with Crippen LogP contribution in [0.2, 0.25) is 0 Å². The molecule has 1 heterocycles. The van der Waals surface area contributed by atoms with E-state index in [4.69, 9.17) is 9.47 Å². The number of amides is 2. The molecule has 0 aliphatic rings. The van der Waals surface area contributed by atoms with Crippen molar-refractivity contribution in [3.05, 3.63) is 35.3 Å². The molecule has 126 valence electrons. The summed E-state index contributed by atoms with van der Waals surface area (Å²) >= 11 is 1.09. The summed E-state index contributed by atoms with van der Waals surface area (Å²) in [5.74, 6) is -0.933. The van der Waals surface area contributed by atoms with E-state index in [1.165, 1.54) is 19.4 Å². The van der Waals surface area contributed by atoms with E-state index >= 15 is 0 Å². The van der Waals surface area contributed by atoms with Gasteiger partial charge in [-0.1, -0.05) is 6.07 Å². The maximum atomic E-state index is 11.8. The average molecular weight is 349 g/mol. The number of carbonyl (C=O) groups excluding carboxylic acids is 3. The lowest BCUT2D eigenvalue weighted by molar-refractivity contribution is -0.119. The summed E-state index contributed by atoms with van der Waals surface area (Å²) in [5, 5.41) is 6.77. The molecule has 0 radical (unpaired) electrons. The molecule has 2 amide bonds. The van der Waals surface area contributed by atoms with Crippen LogP contribution in [0.1, 0.15) is 17.4 Å². The largest absolute Gasteiger partial charge is 0.497 e. The van der Waals surface area contributed by atoms with E-state index in [9.17, 15) is 14.4 Å². The fourth-order valence-corrected chi connectivity index (χ4v) is 2.40. The Kier molecular flexibility index (Phi) is 5.85. The Hall–Kier alpha value is -2.94. The zero-order chi connectivity index (χ0) is 17.5. The zero-order valence-electron chi connectivity index (χ0n) is 13.0. The second-order valence-corrected chi connectivity index (χ2v) is 5.43. The standard InChI is InChI=1S/C15H15N3O5S/c1-9(19)16-15-18-12(8-24-15)14(21)23-7-13(20)17-10-4-3-5-11(6-10)22-2/h3-6,8H,7H2,1-2H3,(H,17,20)(H,16,18,19). The van der Waals surface area contributed by atoms with Gasteiger partial charge in [0.2, 0.25) is 5.91 Å². The fourth-order valence-electron chi connectivity index (χ4n) is 1.68. The Balaban J connectivity index is 1.85. The fraction of sp³-hybridized carbons (Fsp3) is 0.200. The van der Waals surface area contributed by atoms with Crippen molar-refractivity contribution in [3.63, 3.8) is 0 Å². The molecule has 2 aromatic rings. The predicted octanol–water partition coefficient (Wildman–Crippen LogP) is 1.91. The summed E-state index contributed by atoms with van der Waals surface area (Å²) < 4.78 is 9.93. The lowest BCUT2D eigenvalue weighted by Crippen LogP contribution is -2.21. The van der Waals surface area contributed by atoms with Gasteiger partial charge in [0.25, 0.3) is 5.91 Å². The summed E-state index contributed by atoms with van der Waals surface area (Å²) in [7, 11) is 1.52. The van der Waals surface area contributed by atoms with Gasteiger partial charge in [-0.3, -0.25) is 9.59 Å². The first-order chi connectivity index (χ1) is 11.5. The predicted molar refractivity (Wildman–Crippen MR) is 88.3 cm³/mol. The normalized spacial score (nSPS) is 9.92. The molecule has 0 unspecified atom stereocenters.